The van der Waals surface area contributed by atoms with Gasteiger partial charge in [-0.2, -0.15) is 5.10 Å². The Hall–Kier alpha value is -2.50. The molecule has 1 aliphatic rings. The number of aromatic nitrogens is 2. The molecule has 0 radical (unpaired) electrons. The maximum atomic E-state index is 12.6. The molecule has 1 N–H and O–H groups in total. The van der Waals surface area contributed by atoms with Crippen LogP contribution in [0.1, 0.15) is 10.4 Å². The molecule has 0 saturated carbocycles. The molecule has 3 aromatic rings. The van der Waals surface area contributed by atoms with Crippen molar-refractivity contribution in [1.29, 1.82) is 0 Å². The Morgan fingerprint density at radius 1 is 0.926 bits per heavy atom. The van der Waals surface area contributed by atoms with Crippen LogP contribution in [0.2, 0.25) is 10.0 Å². The molecule has 0 atom stereocenters. The lowest BCUT2D eigenvalue weighted by molar-refractivity contribution is 0.0746. The number of rotatable bonds is 3. The number of carbonyl (C=O) groups excluding carboxylic acids is 1. The molecule has 2 heterocycles. The van der Waals surface area contributed by atoms with Gasteiger partial charge in [-0.3, -0.25) is 9.89 Å². The van der Waals surface area contributed by atoms with Crippen LogP contribution in [0.5, 0.6) is 0 Å². The molecule has 1 fully saturated rings. The minimum atomic E-state index is 0.0148. The van der Waals surface area contributed by atoms with Gasteiger partial charge in [0.05, 0.1) is 5.69 Å². The third-order valence-corrected chi connectivity index (χ3v) is 5.17. The number of hydrogen-bond donors (Lipinski definition) is 1. The third-order valence-electron chi connectivity index (χ3n) is 4.68. The Kier molecular flexibility index (Phi) is 5.05. The van der Waals surface area contributed by atoms with E-state index in [0.717, 1.165) is 30.2 Å². The van der Waals surface area contributed by atoms with Gasteiger partial charge in [-0.25, -0.2) is 0 Å². The molecule has 27 heavy (non-hydrogen) atoms. The van der Waals surface area contributed by atoms with Gasteiger partial charge in [-0.05, 0) is 35.9 Å². The maximum absolute atomic E-state index is 12.6. The van der Waals surface area contributed by atoms with Crippen LogP contribution in [0.15, 0.2) is 54.6 Å². The zero-order chi connectivity index (χ0) is 18.8. The summed E-state index contributed by atoms with van der Waals surface area (Å²) in [5, 5.41) is 8.78. The van der Waals surface area contributed by atoms with Gasteiger partial charge in [-0.1, -0.05) is 41.4 Å². The second-order valence-corrected chi connectivity index (χ2v) is 7.31. The Morgan fingerprint density at radius 2 is 1.67 bits per heavy atom. The van der Waals surface area contributed by atoms with Crippen LogP contribution >= 0.6 is 23.2 Å². The minimum absolute atomic E-state index is 0.0148. The molecule has 0 bridgehead atoms. The van der Waals surface area contributed by atoms with Crippen LogP contribution in [0.4, 0.5) is 5.82 Å². The summed E-state index contributed by atoms with van der Waals surface area (Å²) in [6.45, 7) is 2.76. The van der Waals surface area contributed by atoms with Crippen molar-refractivity contribution >= 4 is 34.9 Å². The molecule has 0 unspecified atom stereocenters. The highest BCUT2D eigenvalue weighted by molar-refractivity contribution is 6.31. The Labute approximate surface area is 167 Å². The fraction of sp³-hybridized carbons (Fsp3) is 0.200. The lowest BCUT2D eigenvalue weighted by Gasteiger charge is -2.34. The van der Waals surface area contributed by atoms with E-state index >= 15 is 0 Å². The van der Waals surface area contributed by atoms with E-state index in [1.165, 1.54) is 0 Å². The SMILES string of the molecule is O=C(c1cccc(Cl)c1)N1CCN(c2cc(-c3ccc(Cl)cc3)[nH]n2)CC1. The average Bonchev–Trinajstić information content (AvgIpc) is 3.18. The summed E-state index contributed by atoms with van der Waals surface area (Å²) in [5.41, 5.74) is 2.60. The first-order valence-corrected chi connectivity index (χ1v) is 9.47. The topological polar surface area (TPSA) is 52.2 Å². The zero-order valence-electron chi connectivity index (χ0n) is 14.5. The molecular formula is C20H18Cl2N4O. The number of aromatic amines is 1. The summed E-state index contributed by atoms with van der Waals surface area (Å²) in [7, 11) is 0. The third kappa shape index (κ3) is 3.94. The van der Waals surface area contributed by atoms with Crippen LogP contribution in [0.25, 0.3) is 11.3 Å². The highest BCUT2D eigenvalue weighted by atomic mass is 35.5. The van der Waals surface area contributed by atoms with Crippen LogP contribution in [-0.2, 0) is 0 Å². The number of benzene rings is 2. The summed E-state index contributed by atoms with van der Waals surface area (Å²) >= 11 is 11.9. The number of carbonyl (C=O) groups is 1. The van der Waals surface area contributed by atoms with Gasteiger partial charge >= 0.3 is 0 Å². The van der Waals surface area contributed by atoms with Crippen molar-refractivity contribution in [2.45, 2.75) is 0 Å². The van der Waals surface area contributed by atoms with E-state index in [-0.39, 0.29) is 5.91 Å². The number of H-pyrrole nitrogens is 1. The predicted molar refractivity (Wildman–Crippen MR) is 109 cm³/mol. The lowest BCUT2D eigenvalue weighted by atomic mass is 10.1. The molecule has 4 rings (SSSR count). The van der Waals surface area contributed by atoms with Gasteiger partial charge in [0.2, 0.25) is 0 Å². The second kappa shape index (κ2) is 7.62. The van der Waals surface area contributed by atoms with Crippen molar-refractivity contribution in [2.75, 3.05) is 31.1 Å². The first-order valence-electron chi connectivity index (χ1n) is 8.71. The van der Waals surface area contributed by atoms with Gasteiger partial charge in [0.25, 0.3) is 5.91 Å². The fourth-order valence-corrected chi connectivity index (χ4v) is 3.51. The first kappa shape index (κ1) is 17.9. The summed E-state index contributed by atoms with van der Waals surface area (Å²) < 4.78 is 0. The maximum Gasteiger partial charge on any atom is 0.254 e. The van der Waals surface area contributed by atoms with Gasteiger partial charge in [0.1, 0.15) is 0 Å². The van der Waals surface area contributed by atoms with Gasteiger partial charge in [0.15, 0.2) is 5.82 Å². The monoisotopic (exact) mass is 400 g/mol. The van der Waals surface area contributed by atoms with E-state index in [4.69, 9.17) is 23.2 Å². The van der Waals surface area contributed by atoms with Crippen LogP contribution in [0.3, 0.4) is 0 Å². The van der Waals surface area contributed by atoms with Crippen LogP contribution in [-0.4, -0.2) is 47.2 Å². The highest BCUT2D eigenvalue weighted by Crippen LogP contribution is 2.24. The van der Waals surface area contributed by atoms with E-state index in [9.17, 15) is 4.79 Å². The standard InChI is InChI=1S/C20H18Cl2N4O/c21-16-6-4-14(5-7-16)18-13-19(24-23-18)25-8-10-26(11-9-25)20(27)15-2-1-3-17(22)12-15/h1-7,12-13H,8-11H2,(H,23,24). The lowest BCUT2D eigenvalue weighted by Crippen LogP contribution is -2.48. The number of halogens is 2. The van der Waals surface area contributed by atoms with E-state index in [2.05, 4.69) is 15.1 Å². The molecule has 1 amide bonds. The normalized spacial score (nSPS) is 14.4. The molecule has 1 aliphatic heterocycles. The number of hydrogen-bond acceptors (Lipinski definition) is 3. The molecule has 1 saturated heterocycles. The van der Waals surface area contributed by atoms with Crippen molar-refractivity contribution in [3.8, 4) is 11.3 Å². The summed E-state index contributed by atoms with van der Waals surface area (Å²) in [6, 6.07) is 16.7. The Balaban J connectivity index is 1.41. The molecule has 5 nitrogen and oxygen atoms in total. The Morgan fingerprint density at radius 3 is 2.37 bits per heavy atom. The second-order valence-electron chi connectivity index (χ2n) is 6.44. The van der Waals surface area contributed by atoms with E-state index in [1.807, 2.05) is 35.2 Å². The van der Waals surface area contributed by atoms with E-state index < -0.39 is 0 Å². The molecule has 0 spiro atoms. The van der Waals surface area contributed by atoms with Crippen molar-refractivity contribution in [1.82, 2.24) is 15.1 Å². The molecule has 0 aliphatic carbocycles. The predicted octanol–water partition coefficient (Wildman–Crippen LogP) is 4.35. The average molecular weight is 401 g/mol. The Bertz CT molecular complexity index is 947. The molecule has 138 valence electrons. The number of anilines is 1. The molecule has 7 heteroatoms. The minimum Gasteiger partial charge on any atom is -0.352 e. The van der Waals surface area contributed by atoms with Crippen molar-refractivity contribution < 1.29 is 4.79 Å². The number of nitrogens with zero attached hydrogens (tertiary/aromatic N) is 3. The number of amides is 1. The van der Waals surface area contributed by atoms with Crippen molar-refractivity contribution in [3.63, 3.8) is 0 Å². The van der Waals surface area contributed by atoms with Gasteiger partial charge in [0, 0.05) is 47.9 Å². The van der Waals surface area contributed by atoms with Gasteiger partial charge < -0.3 is 9.80 Å². The van der Waals surface area contributed by atoms with Crippen molar-refractivity contribution in [3.05, 3.63) is 70.2 Å². The number of piperazine rings is 1. The molecular weight excluding hydrogens is 383 g/mol. The summed E-state index contributed by atoms with van der Waals surface area (Å²) in [4.78, 5) is 16.7. The molecule has 1 aromatic heterocycles. The summed E-state index contributed by atoms with van der Waals surface area (Å²) in [6.07, 6.45) is 0. The molecule has 2 aromatic carbocycles. The first-order chi connectivity index (χ1) is 13.1. The highest BCUT2D eigenvalue weighted by Gasteiger charge is 2.23. The quantitative estimate of drug-likeness (QED) is 0.710. The van der Waals surface area contributed by atoms with Crippen LogP contribution in [0, 0.1) is 0 Å². The smallest absolute Gasteiger partial charge is 0.254 e. The van der Waals surface area contributed by atoms with E-state index in [1.54, 1.807) is 24.3 Å². The van der Waals surface area contributed by atoms with Gasteiger partial charge in [-0.15, -0.1) is 0 Å². The summed E-state index contributed by atoms with van der Waals surface area (Å²) in [5.74, 6) is 0.899. The number of nitrogens with one attached hydrogen (secondary N) is 1. The van der Waals surface area contributed by atoms with E-state index in [0.29, 0.717) is 28.7 Å². The fourth-order valence-electron chi connectivity index (χ4n) is 3.19. The zero-order valence-corrected chi connectivity index (χ0v) is 16.0. The van der Waals surface area contributed by atoms with Crippen LogP contribution < -0.4 is 4.90 Å². The van der Waals surface area contributed by atoms with Crippen molar-refractivity contribution in [2.24, 2.45) is 0 Å². The largest absolute Gasteiger partial charge is 0.352 e.